The quantitative estimate of drug-likeness (QED) is 0.379. The Morgan fingerprint density at radius 1 is 0.909 bits per heavy atom. The van der Waals surface area contributed by atoms with E-state index >= 15 is 0 Å². The Morgan fingerprint density at radius 3 is 2.36 bits per heavy atom. The minimum atomic E-state index is -0.255. The van der Waals surface area contributed by atoms with Crippen molar-refractivity contribution >= 4 is 0 Å². The Bertz CT molecular complexity index is 1100. The monoisotopic (exact) mass is 442 g/mol. The molecule has 1 aliphatic rings. The smallest absolute Gasteiger partial charge is 0.173 e. The van der Waals surface area contributed by atoms with Crippen LogP contribution in [0.3, 0.4) is 0 Å². The third-order valence-electron chi connectivity index (χ3n) is 6.32. The highest BCUT2D eigenvalue weighted by molar-refractivity contribution is 5.27. The van der Waals surface area contributed by atoms with Gasteiger partial charge in [0.25, 0.3) is 0 Å². The Balaban J connectivity index is 1.59. The molecule has 7 heteroatoms. The van der Waals surface area contributed by atoms with Crippen molar-refractivity contribution in [2.75, 3.05) is 0 Å². The fourth-order valence-electron chi connectivity index (χ4n) is 4.74. The second kappa shape index (κ2) is 10.0. The van der Waals surface area contributed by atoms with E-state index in [4.69, 9.17) is 0 Å². The van der Waals surface area contributed by atoms with E-state index in [0.717, 1.165) is 29.8 Å². The summed E-state index contributed by atoms with van der Waals surface area (Å²) in [6, 6.07) is 21.2. The number of nitrogens with zero attached hydrogens (tertiary/aromatic N) is 6. The van der Waals surface area contributed by atoms with Crippen molar-refractivity contribution < 1.29 is 4.39 Å². The number of benzene rings is 2. The number of aromatic nitrogens is 5. The molecule has 4 aromatic rings. The Hall–Kier alpha value is -3.45. The van der Waals surface area contributed by atoms with Crippen molar-refractivity contribution in [3.63, 3.8) is 0 Å². The summed E-state index contributed by atoms with van der Waals surface area (Å²) in [4.78, 5) is 6.65. The molecular formula is C26H27FN6. The van der Waals surface area contributed by atoms with Crippen molar-refractivity contribution in [2.24, 2.45) is 0 Å². The maximum absolute atomic E-state index is 13.8. The number of rotatable bonds is 8. The van der Waals surface area contributed by atoms with Crippen LogP contribution in [0.4, 0.5) is 4.39 Å². The molecule has 0 amide bonds. The van der Waals surface area contributed by atoms with Gasteiger partial charge >= 0.3 is 0 Å². The van der Waals surface area contributed by atoms with Crippen molar-refractivity contribution in [3.8, 4) is 0 Å². The van der Waals surface area contributed by atoms with Gasteiger partial charge in [0.15, 0.2) is 5.82 Å². The molecule has 1 atom stereocenters. The zero-order valence-electron chi connectivity index (χ0n) is 18.5. The van der Waals surface area contributed by atoms with Crippen LogP contribution in [-0.2, 0) is 13.1 Å². The van der Waals surface area contributed by atoms with E-state index in [-0.39, 0.29) is 11.9 Å². The zero-order valence-corrected chi connectivity index (χ0v) is 18.5. The van der Waals surface area contributed by atoms with Crippen LogP contribution < -0.4 is 0 Å². The van der Waals surface area contributed by atoms with E-state index in [2.05, 4.69) is 43.6 Å². The molecular weight excluding hydrogens is 415 g/mol. The molecule has 2 aromatic carbocycles. The van der Waals surface area contributed by atoms with Gasteiger partial charge in [0.05, 0.1) is 12.1 Å². The Kier molecular flexibility index (Phi) is 6.48. The number of pyridine rings is 1. The van der Waals surface area contributed by atoms with Crippen molar-refractivity contribution in [3.05, 3.63) is 107 Å². The largest absolute Gasteiger partial charge is 0.281 e. The molecule has 2 heterocycles. The summed E-state index contributed by atoms with van der Waals surface area (Å²) in [7, 11) is 0. The van der Waals surface area contributed by atoms with Crippen LogP contribution in [0.2, 0.25) is 0 Å². The highest BCUT2D eigenvalue weighted by atomic mass is 19.1. The van der Waals surface area contributed by atoms with Gasteiger partial charge in [-0.1, -0.05) is 61.4 Å². The lowest BCUT2D eigenvalue weighted by atomic mass is 10.0. The predicted octanol–water partition coefficient (Wildman–Crippen LogP) is 5.11. The average molecular weight is 443 g/mol. The van der Waals surface area contributed by atoms with Crippen LogP contribution in [0, 0.1) is 5.82 Å². The molecule has 1 fully saturated rings. The summed E-state index contributed by atoms with van der Waals surface area (Å²) < 4.78 is 15.8. The van der Waals surface area contributed by atoms with Crippen LogP contribution in [0.5, 0.6) is 0 Å². The van der Waals surface area contributed by atoms with Crippen molar-refractivity contribution in [1.29, 1.82) is 0 Å². The molecule has 0 saturated heterocycles. The molecule has 1 unspecified atom stereocenters. The number of tetrazole rings is 1. The van der Waals surface area contributed by atoms with Gasteiger partial charge in [-0.2, -0.15) is 0 Å². The summed E-state index contributed by atoms with van der Waals surface area (Å²) in [6.45, 7) is 1.34. The molecule has 33 heavy (non-hydrogen) atoms. The van der Waals surface area contributed by atoms with E-state index in [1.165, 1.54) is 30.5 Å². The first kappa shape index (κ1) is 21.4. The molecule has 0 spiro atoms. The minimum Gasteiger partial charge on any atom is -0.281 e. The molecule has 1 aliphatic carbocycles. The number of hydrogen-bond donors (Lipinski definition) is 0. The highest BCUT2D eigenvalue weighted by Gasteiger charge is 2.31. The van der Waals surface area contributed by atoms with Crippen LogP contribution in [0.25, 0.3) is 0 Å². The summed E-state index contributed by atoms with van der Waals surface area (Å²) in [5.74, 6) is 0.545. The zero-order chi connectivity index (χ0) is 22.5. The second-order valence-electron chi connectivity index (χ2n) is 8.63. The molecule has 5 rings (SSSR count). The molecule has 168 valence electrons. The van der Waals surface area contributed by atoms with Gasteiger partial charge in [0.1, 0.15) is 5.82 Å². The fourth-order valence-corrected chi connectivity index (χ4v) is 4.74. The lowest BCUT2D eigenvalue weighted by molar-refractivity contribution is 0.191. The average Bonchev–Trinajstić information content (AvgIpc) is 3.54. The standard InChI is InChI=1S/C26H27FN6/c27-23-14-12-22(13-15-23)25(26-29-30-31-33(26)24-10-4-5-11-24)32(18-20-7-2-1-3-8-20)19-21-9-6-16-28-17-21/h1-3,6-9,12-17,24-25H,4-5,10-11,18-19H2. The predicted molar refractivity (Wildman–Crippen MR) is 123 cm³/mol. The summed E-state index contributed by atoms with van der Waals surface area (Å²) in [5, 5.41) is 13.0. The maximum atomic E-state index is 13.8. The van der Waals surface area contributed by atoms with E-state index in [0.29, 0.717) is 19.1 Å². The topological polar surface area (TPSA) is 59.7 Å². The van der Waals surface area contributed by atoms with Gasteiger partial charge in [0.2, 0.25) is 0 Å². The van der Waals surface area contributed by atoms with Gasteiger partial charge < -0.3 is 0 Å². The SMILES string of the molecule is Fc1ccc(C(c2nnnn2C2CCCC2)N(Cc2ccccc2)Cc2cccnc2)cc1. The fraction of sp³-hybridized carbons (Fsp3) is 0.308. The Labute approximate surface area is 193 Å². The van der Waals surface area contributed by atoms with E-state index in [9.17, 15) is 4.39 Å². The first-order chi connectivity index (χ1) is 16.3. The summed E-state index contributed by atoms with van der Waals surface area (Å²) in [5.41, 5.74) is 3.25. The van der Waals surface area contributed by atoms with Crippen LogP contribution >= 0.6 is 0 Å². The third-order valence-corrected chi connectivity index (χ3v) is 6.32. The summed E-state index contributed by atoms with van der Waals surface area (Å²) >= 11 is 0. The second-order valence-corrected chi connectivity index (χ2v) is 8.63. The van der Waals surface area contributed by atoms with Crippen LogP contribution in [0.1, 0.15) is 60.3 Å². The van der Waals surface area contributed by atoms with Crippen molar-refractivity contribution in [2.45, 2.75) is 50.9 Å². The molecule has 0 bridgehead atoms. The van der Waals surface area contributed by atoms with Gasteiger partial charge in [0, 0.05) is 25.5 Å². The first-order valence-corrected chi connectivity index (χ1v) is 11.5. The third kappa shape index (κ3) is 4.98. The lowest BCUT2D eigenvalue weighted by Gasteiger charge is -2.32. The Morgan fingerprint density at radius 2 is 1.64 bits per heavy atom. The van der Waals surface area contributed by atoms with Crippen molar-refractivity contribution in [1.82, 2.24) is 30.1 Å². The highest BCUT2D eigenvalue weighted by Crippen LogP contribution is 2.35. The molecule has 1 saturated carbocycles. The first-order valence-electron chi connectivity index (χ1n) is 11.5. The van der Waals surface area contributed by atoms with Gasteiger partial charge in [-0.3, -0.25) is 9.88 Å². The van der Waals surface area contributed by atoms with Gasteiger partial charge in [-0.05, 0) is 58.2 Å². The molecule has 2 aromatic heterocycles. The van der Waals surface area contributed by atoms with Gasteiger partial charge in [-0.15, -0.1) is 5.10 Å². The van der Waals surface area contributed by atoms with E-state index in [1.807, 2.05) is 47.3 Å². The maximum Gasteiger partial charge on any atom is 0.173 e. The van der Waals surface area contributed by atoms with Crippen LogP contribution in [-0.4, -0.2) is 30.1 Å². The van der Waals surface area contributed by atoms with Crippen LogP contribution in [0.15, 0.2) is 79.1 Å². The van der Waals surface area contributed by atoms with E-state index < -0.39 is 0 Å². The summed E-state index contributed by atoms with van der Waals surface area (Å²) in [6.07, 6.45) is 8.21. The number of hydrogen-bond acceptors (Lipinski definition) is 5. The molecule has 0 radical (unpaired) electrons. The lowest BCUT2D eigenvalue weighted by Crippen LogP contribution is -2.32. The molecule has 0 aliphatic heterocycles. The number of halogens is 1. The van der Waals surface area contributed by atoms with Gasteiger partial charge in [-0.25, -0.2) is 9.07 Å². The molecule has 6 nitrogen and oxygen atoms in total. The molecule has 0 N–H and O–H groups in total. The normalized spacial score (nSPS) is 15.2. The van der Waals surface area contributed by atoms with E-state index in [1.54, 1.807) is 6.20 Å². The minimum absolute atomic E-state index is 0.235.